The summed E-state index contributed by atoms with van der Waals surface area (Å²) >= 11 is 0. The molecule has 2 aromatic carbocycles. The molecule has 0 saturated heterocycles. The van der Waals surface area contributed by atoms with Crippen LogP contribution < -0.4 is 10.2 Å². The van der Waals surface area contributed by atoms with Crippen LogP contribution in [0.2, 0.25) is 0 Å². The van der Waals surface area contributed by atoms with Crippen LogP contribution in [0.1, 0.15) is 25.3 Å². The zero-order valence-corrected chi connectivity index (χ0v) is 14.3. The molecule has 122 valence electrons. The van der Waals surface area contributed by atoms with Gasteiger partial charge in [0.25, 0.3) is 0 Å². The van der Waals surface area contributed by atoms with Crippen molar-refractivity contribution < 1.29 is 0 Å². The maximum Gasteiger partial charge on any atom is 0.138 e. The Morgan fingerprint density at radius 1 is 0.917 bits per heavy atom. The van der Waals surface area contributed by atoms with Gasteiger partial charge in [0.05, 0.1) is 0 Å². The average molecular weight is 318 g/mol. The Labute approximate surface area is 143 Å². The third kappa shape index (κ3) is 3.54. The third-order valence-corrected chi connectivity index (χ3v) is 3.99. The predicted octanol–water partition coefficient (Wildman–Crippen LogP) is 5.11. The number of hydrogen-bond acceptors (Lipinski definition) is 4. The smallest absolute Gasteiger partial charge is 0.138 e. The summed E-state index contributed by atoms with van der Waals surface area (Å²) < 4.78 is 0. The minimum atomic E-state index is 0.446. The molecule has 0 aliphatic heterocycles. The van der Waals surface area contributed by atoms with Crippen LogP contribution in [0, 0.1) is 0 Å². The standard InChI is InChI=1S/C20H22N4/c1-15(2)17-11-7-8-12-18(17)23-19-13-20(22-14-21-19)24(3)16-9-5-4-6-10-16/h4-15H,1-3H3,(H,21,22,23). The SMILES string of the molecule is CC(C)c1ccccc1Nc1cc(N(C)c2ccccc2)ncn1. The molecular weight excluding hydrogens is 296 g/mol. The van der Waals surface area contributed by atoms with Gasteiger partial charge in [0.15, 0.2) is 0 Å². The first-order chi connectivity index (χ1) is 11.6. The summed E-state index contributed by atoms with van der Waals surface area (Å²) in [5.41, 5.74) is 3.44. The summed E-state index contributed by atoms with van der Waals surface area (Å²) in [5, 5.41) is 3.42. The van der Waals surface area contributed by atoms with Crippen LogP contribution in [-0.2, 0) is 0 Å². The van der Waals surface area contributed by atoms with Gasteiger partial charge in [-0.2, -0.15) is 0 Å². The molecule has 4 nitrogen and oxygen atoms in total. The van der Waals surface area contributed by atoms with Gasteiger partial charge in [0.2, 0.25) is 0 Å². The molecule has 0 fully saturated rings. The minimum absolute atomic E-state index is 0.446. The average Bonchev–Trinajstić information content (AvgIpc) is 2.62. The molecule has 4 heteroatoms. The predicted molar refractivity (Wildman–Crippen MR) is 100 cm³/mol. The van der Waals surface area contributed by atoms with Crippen molar-refractivity contribution in [3.8, 4) is 0 Å². The van der Waals surface area contributed by atoms with Crippen LogP contribution in [0.15, 0.2) is 67.0 Å². The Bertz CT molecular complexity index is 799. The highest BCUT2D eigenvalue weighted by Gasteiger charge is 2.09. The molecule has 0 aliphatic rings. The van der Waals surface area contributed by atoms with Gasteiger partial charge in [-0.15, -0.1) is 0 Å². The second-order valence-electron chi connectivity index (χ2n) is 6.02. The summed E-state index contributed by atoms with van der Waals surface area (Å²) in [4.78, 5) is 10.8. The van der Waals surface area contributed by atoms with E-state index < -0.39 is 0 Å². The zero-order valence-electron chi connectivity index (χ0n) is 14.3. The van der Waals surface area contributed by atoms with E-state index in [-0.39, 0.29) is 0 Å². The fraction of sp³-hybridized carbons (Fsp3) is 0.200. The lowest BCUT2D eigenvalue weighted by molar-refractivity contribution is 0.869. The molecule has 1 aromatic heterocycles. The van der Waals surface area contributed by atoms with Gasteiger partial charge < -0.3 is 10.2 Å². The Kier molecular flexibility index (Phi) is 4.75. The number of aromatic nitrogens is 2. The van der Waals surface area contributed by atoms with E-state index in [9.17, 15) is 0 Å². The number of nitrogens with zero attached hydrogens (tertiary/aromatic N) is 3. The number of rotatable bonds is 5. The molecule has 0 unspecified atom stereocenters. The molecule has 0 saturated carbocycles. The monoisotopic (exact) mass is 318 g/mol. The van der Waals surface area contributed by atoms with Crippen molar-refractivity contribution in [2.75, 3.05) is 17.3 Å². The maximum atomic E-state index is 4.39. The van der Waals surface area contributed by atoms with Crippen molar-refractivity contribution in [1.29, 1.82) is 0 Å². The van der Waals surface area contributed by atoms with E-state index in [0.29, 0.717) is 5.92 Å². The first kappa shape index (κ1) is 16.0. The van der Waals surface area contributed by atoms with E-state index >= 15 is 0 Å². The first-order valence-corrected chi connectivity index (χ1v) is 8.12. The summed E-state index contributed by atoms with van der Waals surface area (Å²) in [7, 11) is 2.00. The molecule has 0 atom stereocenters. The largest absolute Gasteiger partial charge is 0.340 e. The van der Waals surface area contributed by atoms with E-state index in [0.717, 1.165) is 23.0 Å². The van der Waals surface area contributed by atoms with Crippen molar-refractivity contribution in [3.05, 3.63) is 72.6 Å². The van der Waals surface area contributed by atoms with Crippen molar-refractivity contribution in [3.63, 3.8) is 0 Å². The number of hydrogen-bond donors (Lipinski definition) is 1. The lowest BCUT2D eigenvalue weighted by atomic mass is 10.0. The number of para-hydroxylation sites is 2. The highest BCUT2D eigenvalue weighted by molar-refractivity contribution is 5.66. The van der Waals surface area contributed by atoms with Gasteiger partial charge in [-0.1, -0.05) is 50.2 Å². The van der Waals surface area contributed by atoms with Gasteiger partial charge in [-0.25, -0.2) is 9.97 Å². The van der Waals surface area contributed by atoms with Crippen molar-refractivity contribution in [2.24, 2.45) is 0 Å². The first-order valence-electron chi connectivity index (χ1n) is 8.12. The topological polar surface area (TPSA) is 41.0 Å². The van der Waals surface area contributed by atoms with E-state index in [1.165, 1.54) is 5.56 Å². The second kappa shape index (κ2) is 7.13. The van der Waals surface area contributed by atoms with Crippen LogP contribution in [-0.4, -0.2) is 17.0 Å². The summed E-state index contributed by atoms with van der Waals surface area (Å²) in [6.45, 7) is 4.38. The number of anilines is 4. The Morgan fingerprint density at radius 3 is 2.38 bits per heavy atom. The van der Waals surface area contributed by atoms with Gasteiger partial charge in [0, 0.05) is 24.5 Å². The van der Waals surface area contributed by atoms with Crippen molar-refractivity contribution in [2.45, 2.75) is 19.8 Å². The van der Waals surface area contributed by atoms with Gasteiger partial charge in [-0.3, -0.25) is 0 Å². The van der Waals surface area contributed by atoms with E-state index in [4.69, 9.17) is 0 Å². The summed E-state index contributed by atoms with van der Waals surface area (Å²) in [6, 6.07) is 20.4. The second-order valence-corrected chi connectivity index (χ2v) is 6.02. The van der Waals surface area contributed by atoms with Crippen LogP contribution >= 0.6 is 0 Å². The van der Waals surface area contributed by atoms with Crippen molar-refractivity contribution in [1.82, 2.24) is 9.97 Å². The van der Waals surface area contributed by atoms with Gasteiger partial charge in [0.1, 0.15) is 18.0 Å². The third-order valence-electron chi connectivity index (χ3n) is 3.99. The van der Waals surface area contributed by atoms with Crippen LogP contribution in [0.4, 0.5) is 23.0 Å². The number of nitrogens with one attached hydrogen (secondary N) is 1. The minimum Gasteiger partial charge on any atom is -0.340 e. The Morgan fingerprint density at radius 2 is 1.62 bits per heavy atom. The quantitative estimate of drug-likeness (QED) is 0.709. The summed E-state index contributed by atoms with van der Waals surface area (Å²) in [6.07, 6.45) is 1.59. The van der Waals surface area contributed by atoms with Gasteiger partial charge >= 0.3 is 0 Å². The normalized spacial score (nSPS) is 10.7. The van der Waals surface area contributed by atoms with Crippen LogP contribution in [0.25, 0.3) is 0 Å². The lowest BCUT2D eigenvalue weighted by Crippen LogP contribution is -2.11. The molecule has 3 rings (SSSR count). The molecule has 0 amide bonds. The molecule has 0 spiro atoms. The van der Waals surface area contributed by atoms with Crippen LogP contribution in [0.5, 0.6) is 0 Å². The highest BCUT2D eigenvalue weighted by atomic mass is 15.2. The number of benzene rings is 2. The molecule has 1 N–H and O–H groups in total. The molecule has 0 radical (unpaired) electrons. The maximum absolute atomic E-state index is 4.39. The lowest BCUT2D eigenvalue weighted by Gasteiger charge is -2.19. The van der Waals surface area contributed by atoms with E-state index in [2.05, 4.69) is 59.5 Å². The fourth-order valence-corrected chi connectivity index (χ4v) is 2.63. The van der Waals surface area contributed by atoms with Gasteiger partial charge in [-0.05, 0) is 29.7 Å². The highest BCUT2D eigenvalue weighted by Crippen LogP contribution is 2.28. The molecule has 0 aliphatic carbocycles. The molecule has 3 aromatic rings. The summed E-state index contributed by atoms with van der Waals surface area (Å²) in [5.74, 6) is 2.08. The Balaban J connectivity index is 1.87. The van der Waals surface area contributed by atoms with Crippen molar-refractivity contribution >= 4 is 23.0 Å². The van der Waals surface area contributed by atoms with Crippen LogP contribution in [0.3, 0.4) is 0 Å². The molecule has 0 bridgehead atoms. The molecular formula is C20H22N4. The molecule has 1 heterocycles. The fourth-order valence-electron chi connectivity index (χ4n) is 2.63. The van der Waals surface area contributed by atoms with E-state index in [1.807, 2.05) is 42.3 Å². The van der Waals surface area contributed by atoms with E-state index in [1.54, 1.807) is 6.33 Å². The zero-order chi connectivity index (χ0) is 16.9. The Hall–Kier alpha value is -2.88. The molecule has 24 heavy (non-hydrogen) atoms.